The molecule has 2 heterocycles. The molecule has 198 valence electrons. The van der Waals surface area contributed by atoms with Crippen LogP contribution in [0.1, 0.15) is 70.8 Å². The highest BCUT2D eigenvalue weighted by Gasteiger charge is 2.38. The van der Waals surface area contributed by atoms with Crippen molar-refractivity contribution in [2.45, 2.75) is 97.3 Å². The van der Waals surface area contributed by atoms with E-state index in [-0.39, 0.29) is 30.1 Å². The molecule has 9 nitrogen and oxygen atoms in total. The second-order valence-electron chi connectivity index (χ2n) is 10.3. The SMILES string of the molecule is CCCn1nc(C)c(S(=O)(=O)N2C[C@H](CCC(C)=O)Oc3ccc(CC(=O)OC(C)(C)C)cc32)c1C. The van der Waals surface area contributed by atoms with Gasteiger partial charge in [0.05, 0.1) is 30.0 Å². The van der Waals surface area contributed by atoms with Crippen molar-refractivity contribution >= 4 is 27.5 Å². The van der Waals surface area contributed by atoms with E-state index in [0.29, 0.717) is 41.4 Å². The van der Waals surface area contributed by atoms with E-state index in [1.165, 1.54) is 11.2 Å². The number of carbonyl (C=O) groups is 2. The van der Waals surface area contributed by atoms with Gasteiger partial charge in [-0.25, -0.2) is 8.42 Å². The molecule has 0 unspecified atom stereocenters. The second kappa shape index (κ2) is 10.6. The standard InChI is InChI=1S/C26H37N3O6S/c1-8-13-28-19(4)25(18(3)27-28)36(32,33)29-16-21(11-9-17(2)30)34-23-12-10-20(14-22(23)29)15-24(31)35-26(5,6)7/h10,12,14,21H,8-9,11,13,15-16H2,1-7H3/t21-/m0/s1. The molecular weight excluding hydrogens is 482 g/mol. The number of rotatable bonds is 9. The molecule has 10 heteroatoms. The summed E-state index contributed by atoms with van der Waals surface area (Å²) in [5.74, 6) is 0.00191. The van der Waals surface area contributed by atoms with E-state index in [1.807, 2.05) is 6.92 Å². The molecule has 0 N–H and O–H groups in total. The molecule has 1 aliphatic heterocycles. The van der Waals surface area contributed by atoms with Gasteiger partial charge in [0.15, 0.2) is 0 Å². The summed E-state index contributed by atoms with van der Waals surface area (Å²) in [6.45, 7) is 13.0. The number of ketones is 1. The summed E-state index contributed by atoms with van der Waals surface area (Å²) in [7, 11) is -4.01. The number of ether oxygens (including phenoxy) is 2. The van der Waals surface area contributed by atoms with Gasteiger partial charge in [-0.2, -0.15) is 5.10 Å². The zero-order valence-corrected chi connectivity index (χ0v) is 23.1. The number of benzene rings is 1. The molecule has 36 heavy (non-hydrogen) atoms. The van der Waals surface area contributed by atoms with Gasteiger partial charge in [-0.05, 0) is 72.1 Å². The highest BCUT2D eigenvalue weighted by molar-refractivity contribution is 7.93. The number of hydrogen-bond acceptors (Lipinski definition) is 7. The van der Waals surface area contributed by atoms with E-state index in [0.717, 1.165) is 6.42 Å². The van der Waals surface area contributed by atoms with Crippen molar-refractivity contribution in [3.05, 3.63) is 35.2 Å². The van der Waals surface area contributed by atoms with Gasteiger partial charge >= 0.3 is 5.97 Å². The Morgan fingerprint density at radius 2 is 1.92 bits per heavy atom. The van der Waals surface area contributed by atoms with Crippen LogP contribution in [-0.2, 0) is 37.3 Å². The average Bonchev–Trinajstić information content (AvgIpc) is 3.04. The van der Waals surface area contributed by atoms with E-state index >= 15 is 0 Å². The molecule has 0 amide bonds. The Bertz CT molecular complexity index is 1240. The Morgan fingerprint density at radius 1 is 1.22 bits per heavy atom. The van der Waals surface area contributed by atoms with Crippen LogP contribution in [0.2, 0.25) is 0 Å². The normalized spacial score (nSPS) is 15.9. The Kier molecular flexibility index (Phi) is 8.17. The third-order valence-electron chi connectivity index (χ3n) is 5.84. The van der Waals surface area contributed by atoms with Crippen molar-refractivity contribution < 1.29 is 27.5 Å². The molecule has 1 aliphatic rings. The molecule has 0 saturated heterocycles. The molecule has 0 spiro atoms. The Hall–Kier alpha value is -2.88. The first-order chi connectivity index (χ1) is 16.7. The molecule has 1 aromatic carbocycles. The lowest BCUT2D eigenvalue weighted by atomic mass is 10.1. The number of anilines is 1. The molecule has 1 atom stereocenters. The molecule has 3 rings (SSSR count). The highest BCUT2D eigenvalue weighted by Crippen LogP contribution is 2.40. The van der Waals surface area contributed by atoms with Crippen LogP contribution in [-0.4, -0.2) is 48.2 Å². The average molecular weight is 520 g/mol. The summed E-state index contributed by atoms with van der Waals surface area (Å²) < 4.78 is 42.7. The van der Waals surface area contributed by atoms with Gasteiger partial charge in [0, 0.05) is 13.0 Å². The first-order valence-corrected chi connectivity index (χ1v) is 13.7. The maximum absolute atomic E-state index is 14.1. The third kappa shape index (κ3) is 6.27. The lowest BCUT2D eigenvalue weighted by Gasteiger charge is -2.36. The minimum Gasteiger partial charge on any atom is -0.486 e. The predicted molar refractivity (Wildman–Crippen MR) is 137 cm³/mol. The van der Waals surface area contributed by atoms with E-state index < -0.39 is 27.7 Å². The quantitative estimate of drug-likeness (QED) is 0.459. The minimum absolute atomic E-state index is 0.00130. The molecule has 0 fully saturated rings. The van der Waals surface area contributed by atoms with Gasteiger partial charge in [0.2, 0.25) is 0 Å². The third-order valence-corrected chi connectivity index (χ3v) is 7.87. The van der Waals surface area contributed by atoms with Gasteiger partial charge in [0.25, 0.3) is 10.0 Å². The topological polar surface area (TPSA) is 108 Å². The Balaban J connectivity index is 2.05. The fourth-order valence-electron chi connectivity index (χ4n) is 4.35. The number of aryl methyl sites for hydroxylation is 2. The first-order valence-electron chi connectivity index (χ1n) is 12.3. The van der Waals surface area contributed by atoms with Crippen LogP contribution in [0, 0.1) is 13.8 Å². The van der Waals surface area contributed by atoms with Crippen LogP contribution < -0.4 is 9.04 Å². The van der Waals surface area contributed by atoms with Crippen LogP contribution in [0.5, 0.6) is 5.75 Å². The largest absolute Gasteiger partial charge is 0.486 e. The predicted octanol–water partition coefficient (Wildman–Crippen LogP) is 4.12. The molecule has 0 saturated carbocycles. The number of nitrogens with zero attached hydrogens (tertiary/aromatic N) is 3. The zero-order valence-electron chi connectivity index (χ0n) is 22.3. The Morgan fingerprint density at radius 3 is 2.53 bits per heavy atom. The van der Waals surface area contributed by atoms with Crippen LogP contribution in [0.4, 0.5) is 5.69 Å². The van der Waals surface area contributed by atoms with Crippen molar-refractivity contribution in [3.8, 4) is 5.75 Å². The van der Waals surface area contributed by atoms with E-state index in [2.05, 4.69) is 5.10 Å². The lowest BCUT2D eigenvalue weighted by Crippen LogP contribution is -2.44. The fourth-order valence-corrected chi connectivity index (χ4v) is 6.22. The van der Waals surface area contributed by atoms with E-state index in [9.17, 15) is 18.0 Å². The van der Waals surface area contributed by atoms with Crippen LogP contribution >= 0.6 is 0 Å². The first kappa shape index (κ1) is 27.7. The highest BCUT2D eigenvalue weighted by atomic mass is 32.2. The molecule has 0 aliphatic carbocycles. The van der Waals surface area contributed by atoms with Crippen LogP contribution in [0.3, 0.4) is 0 Å². The fraction of sp³-hybridized carbons (Fsp3) is 0.577. The summed E-state index contributed by atoms with van der Waals surface area (Å²) in [5, 5.41) is 4.46. The number of sulfonamides is 1. The van der Waals surface area contributed by atoms with Gasteiger partial charge in [-0.3, -0.25) is 13.8 Å². The Labute approximate surface area is 213 Å². The van der Waals surface area contributed by atoms with E-state index in [1.54, 1.807) is 57.5 Å². The number of Topliss-reactive ketones (excluding diaryl/α,β-unsaturated/α-hetero) is 1. The number of esters is 1. The van der Waals surface area contributed by atoms with Crippen LogP contribution in [0.25, 0.3) is 0 Å². The number of aromatic nitrogens is 2. The summed E-state index contributed by atoms with van der Waals surface area (Å²) in [6.07, 6.45) is 1.02. The number of fused-ring (bicyclic) bond motifs is 1. The van der Waals surface area contributed by atoms with Crippen molar-refractivity contribution in [2.24, 2.45) is 0 Å². The lowest BCUT2D eigenvalue weighted by molar-refractivity contribution is -0.153. The van der Waals surface area contributed by atoms with Crippen molar-refractivity contribution in [3.63, 3.8) is 0 Å². The van der Waals surface area contributed by atoms with Gasteiger partial charge in [-0.1, -0.05) is 13.0 Å². The molecule has 2 aromatic rings. The zero-order chi connectivity index (χ0) is 26.8. The van der Waals surface area contributed by atoms with Gasteiger partial charge in [0.1, 0.15) is 28.1 Å². The van der Waals surface area contributed by atoms with E-state index in [4.69, 9.17) is 9.47 Å². The molecule has 1 aromatic heterocycles. The van der Waals surface area contributed by atoms with Gasteiger partial charge in [-0.15, -0.1) is 0 Å². The van der Waals surface area contributed by atoms with Crippen molar-refractivity contribution in [1.29, 1.82) is 0 Å². The van der Waals surface area contributed by atoms with Crippen molar-refractivity contribution in [2.75, 3.05) is 10.8 Å². The second-order valence-corrected chi connectivity index (χ2v) is 12.1. The van der Waals surface area contributed by atoms with Crippen LogP contribution in [0.15, 0.2) is 23.1 Å². The summed E-state index contributed by atoms with van der Waals surface area (Å²) >= 11 is 0. The van der Waals surface area contributed by atoms with Crippen molar-refractivity contribution in [1.82, 2.24) is 9.78 Å². The molecular formula is C26H37N3O6S. The van der Waals surface area contributed by atoms with Gasteiger partial charge < -0.3 is 14.3 Å². The molecule has 0 bridgehead atoms. The monoisotopic (exact) mass is 519 g/mol. The number of hydrogen-bond donors (Lipinski definition) is 0. The number of carbonyl (C=O) groups excluding carboxylic acids is 2. The maximum Gasteiger partial charge on any atom is 0.310 e. The summed E-state index contributed by atoms with van der Waals surface area (Å²) in [4.78, 5) is 24.2. The smallest absolute Gasteiger partial charge is 0.310 e. The maximum atomic E-state index is 14.1. The summed E-state index contributed by atoms with van der Waals surface area (Å²) in [5.41, 5.74) is 1.36. The minimum atomic E-state index is -4.01. The summed E-state index contributed by atoms with van der Waals surface area (Å²) in [6, 6.07) is 5.08. The molecule has 0 radical (unpaired) electrons.